The number of hydrogen-bond donors (Lipinski definition) is 1. The molecule has 2 nitrogen and oxygen atoms in total. The summed E-state index contributed by atoms with van der Waals surface area (Å²) in [4.78, 5) is 11.7. The minimum atomic E-state index is -0.266. The summed E-state index contributed by atoms with van der Waals surface area (Å²) in [6, 6.07) is 6.17. The Balaban J connectivity index is 2.92. The molecule has 0 fully saturated rings. The van der Waals surface area contributed by atoms with Crippen LogP contribution in [0.25, 0.3) is 0 Å². The molecule has 0 aliphatic heterocycles. The molecule has 0 aromatic heterocycles. The van der Waals surface area contributed by atoms with Gasteiger partial charge in [0.2, 0.25) is 5.91 Å². The van der Waals surface area contributed by atoms with Gasteiger partial charge in [-0.05, 0) is 23.1 Å². The molecule has 1 rings (SSSR count). The van der Waals surface area contributed by atoms with Crippen LogP contribution in [0.4, 0.5) is 4.39 Å². The van der Waals surface area contributed by atoms with Crippen LogP contribution < -0.4 is 5.32 Å². The number of benzene rings is 1. The van der Waals surface area contributed by atoms with Crippen LogP contribution in [-0.4, -0.2) is 11.2 Å². The number of rotatable bonds is 4. The standard InChI is InChI=1S/C14H19BrFNO/c1-14(2,3)13(17-12(18)8-9-15)10-4-6-11(16)7-5-10/h4-7,13H,8-9H2,1-3H3,(H,17,18). The van der Waals surface area contributed by atoms with Crippen LogP contribution >= 0.6 is 15.9 Å². The molecule has 0 aliphatic carbocycles. The fourth-order valence-electron chi connectivity index (χ4n) is 1.77. The number of carbonyl (C=O) groups is 1. The van der Waals surface area contributed by atoms with Gasteiger partial charge in [0.15, 0.2) is 0 Å². The molecule has 0 spiro atoms. The van der Waals surface area contributed by atoms with E-state index in [0.717, 1.165) is 5.56 Å². The molecule has 0 bridgehead atoms. The van der Waals surface area contributed by atoms with E-state index >= 15 is 0 Å². The predicted octanol–water partition coefficient (Wildman–Crippen LogP) is 3.81. The van der Waals surface area contributed by atoms with Gasteiger partial charge < -0.3 is 5.32 Å². The summed E-state index contributed by atoms with van der Waals surface area (Å²) in [5, 5.41) is 3.64. The quantitative estimate of drug-likeness (QED) is 0.841. The Morgan fingerprint density at radius 1 is 1.33 bits per heavy atom. The first-order valence-electron chi connectivity index (χ1n) is 5.95. The van der Waals surface area contributed by atoms with Gasteiger partial charge in [0, 0.05) is 11.8 Å². The molecule has 1 unspecified atom stereocenters. The maximum absolute atomic E-state index is 12.9. The summed E-state index contributed by atoms with van der Waals surface area (Å²) in [6.07, 6.45) is 0.438. The monoisotopic (exact) mass is 315 g/mol. The van der Waals surface area contributed by atoms with Crippen molar-refractivity contribution in [2.45, 2.75) is 33.2 Å². The van der Waals surface area contributed by atoms with Crippen molar-refractivity contribution in [3.05, 3.63) is 35.6 Å². The zero-order chi connectivity index (χ0) is 13.8. The molecule has 0 saturated heterocycles. The van der Waals surface area contributed by atoms with Crippen LogP contribution in [0.2, 0.25) is 0 Å². The third-order valence-electron chi connectivity index (χ3n) is 2.70. The van der Waals surface area contributed by atoms with Crippen LogP contribution in [-0.2, 0) is 4.79 Å². The van der Waals surface area contributed by atoms with Gasteiger partial charge in [-0.15, -0.1) is 0 Å². The van der Waals surface area contributed by atoms with Gasteiger partial charge in [-0.2, -0.15) is 0 Å². The third kappa shape index (κ3) is 4.41. The van der Waals surface area contributed by atoms with E-state index in [1.165, 1.54) is 12.1 Å². The fourth-order valence-corrected chi connectivity index (χ4v) is 2.13. The normalized spacial score (nSPS) is 13.2. The second kappa shape index (κ2) is 6.32. The van der Waals surface area contributed by atoms with Crippen LogP contribution in [0.5, 0.6) is 0 Å². The molecule has 1 atom stereocenters. The van der Waals surface area contributed by atoms with Crippen molar-refractivity contribution in [3.8, 4) is 0 Å². The smallest absolute Gasteiger partial charge is 0.221 e. The van der Waals surface area contributed by atoms with Crippen molar-refractivity contribution >= 4 is 21.8 Å². The van der Waals surface area contributed by atoms with Crippen LogP contribution in [0.15, 0.2) is 24.3 Å². The SMILES string of the molecule is CC(C)(C)C(NC(=O)CCBr)c1ccc(F)cc1. The van der Waals surface area contributed by atoms with E-state index in [1.807, 2.05) is 0 Å². The highest BCUT2D eigenvalue weighted by molar-refractivity contribution is 9.09. The Morgan fingerprint density at radius 2 is 1.89 bits per heavy atom. The number of halogens is 2. The summed E-state index contributed by atoms with van der Waals surface area (Å²) in [6.45, 7) is 6.15. The first-order chi connectivity index (χ1) is 8.34. The second-order valence-corrected chi connectivity index (χ2v) is 6.15. The first kappa shape index (κ1) is 15.2. The molecule has 0 aliphatic rings. The average Bonchev–Trinajstić information content (AvgIpc) is 2.26. The molecule has 0 heterocycles. The Hall–Kier alpha value is -0.900. The largest absolute Gasteiger partial charge is 0.349 e. The topological polar surface area (TPSA) is 29.1 Å². The minimum absolute atomic E-state index is 0.00359. The number of nitrogens with one attached hydrogen (secondary N) is 1. The lowest BCUT2D eigenvalue weighted by Crippen LogP contribution is -2.36. The molecule has 0 saturated carbocycles. The highest BCUT2D eigenvalue weighted by atomic mass is 79.9. The minimum Gasteiger partial charge on any atom is -0.349 e. The lowest BCUT2D eigenvalue weighted by molar-refractivity contribution is -0.122. The van der Waals surface area contributed by atoms with Gasteiger partial charge in [0.1, 0.15) is 5.82 Å². The average molecular weight is 316 g/mol. The van der Waals surface area contributed by atoms with E-state index in [1.54, 1.807) is 12.1 Å². The van der Waals surface area contributed by atoms with E-state index in [2.05, 4.69) is 42.0 Å². The first-order valence-corrected chi connectivity index (χ1v) is 7.07. The van der Waals surface area contributed by atoms with E-state index in [9.17, 15) is 9.18 Å². The summed E-state index contributed by atoms with van der Waals surface area (Å²) >= 11 is 3.25. The molecule has 4 heteroatoms. The van der Waals surface area contributed by atoms with E-state index in [-0.39, 0.29) is 23.2 Å². The van der Waals surface area contributed by atoms with Gasteiger partial charge in [0.25, 0.3) is 0 Å². The zero-order valence-electron chi connectivity index (χ0n) is 11.0. The molecule has 1 aromatic carbocycles. The summed E-state index contributed by atoms with van der Waals surface area (Å²) in [5.74, 6) is -0.269. The number of amides is 1. The predicted molar refractivity (Wildman–Crippen MR) is 75.1 cm³/mol. The molecule has 1 N–H and O–H groups in total. The number of carbonyl (C=O) groups excluding carboxylic acids is 1. The zero-order valence-corrected chi connectivity index (χ0v) is 12.6. The lowest BCUT2D eigenvalue weighted by atomic mass is 9.82. The number of alkyl halides is 1. The Kier molecular flexibility index (Phi) is 5.32. The van der Waals surface area contributed by atoms with Gasteiger partial charge in [-0.1, -0.05) is 48.8 Å². The molecular formula is C14H19BrFNO. The van der Waals surface area contributed by atoms with Gasteiger partial charge in [0.05, 0.1) is 6.04 Å². The fraction of sp³-hybridized carbons (Fsp3) is 0.500. The van der Waals surface area contributed by atoms with E-state index in [0.29, 0.717) is 11.8 Å². The Labute approximate surface area is 116 Å². The summed E-state index contributed by atoms with van der Waals surface area (Å²) < 4.78 is 12.9. The van der Waals surface area contributed by atoms with Gasteiger partial charge in [-0.25, -0.2) is 4.39 Å². The van der Waals surface area contributed by atoms with Crippen molar-refractivity contribution in [2.75, 3.05) is 5.33 Å². The van der Waals surface area contributed by atoms with E-state index in [4.69, 9.17) is 0 Å². The summed E-state index contributed by atoms with van der Waals surface area (Å²) in [7, 11) is 0. The Bertz CT molecular complexity index is 397. The molecule has 1 aromatic rings. The summed E-state index contributed by atoms with van der Waals surface area (Å²) in [5.41, 5.74) is 0.798. The van der Waals surface area contributed by atoms with Crippen LogP contribution in [0, 0.1) is 11.2 Å². The van der Waals surface area contributed by atoms with Crippen LogP contribution in [0.1, 0.15) is 38.8 Å². The highest BCUT2D eigenvalue weighted by Crippen LogP contribution is 2.32. The Morgan fingerprint density at radius 3 is 2.33 bits per heavy atom. The van der Waals surface area contributed by atoms with Gasteiger partial charge >= 0.3 is 0 Å². The molecule has 100 valence electrons. The van der Waals surface area contributed by atoms with Crippen molar-refractivity contribution in [1.29, 1.82) is 0 Å². The van der Waals surface area contributed by atoms with Crippen LogP contribution in [0.3, 0.4) is 0 Å². The number of hydrogen-bond acceptors (Lipinski definition) is 1. The second-order valence-electron chi connectivity index (χ2n) is 5.36. The van der Waals surface area contributed by atoms with Crippen molar-refractivity contribution < 1.29 is 9.18 Å². The molecular weight excluding hydrogens is 297 g/mol. The molecule has 1 amide bonds. The van der Waals surface area contributed by atoms with Gasteiger partial charge in [-0.3, -0.25) is 4.79 Å². The lowest BCUT2D eigenvalue weighted by Gasteiger charge is -2.32. The highest BCUT2D eigenvalue weighted by Gasteiger charge is 2.27. The third-order valence-corrected chi connectivity index (χ3v) is 3.09. The van der Waals surface area contributed by atoms with Crippen molar-refractivity contribution in [1.82, 2.24) is 5.32 Å². The maximum Gasteiger partial charge on any atom is 0.221 e. The van der Waals surface area contributed by atoms with Crippen molar-refractivity contribution in [2.24, 2.45) is 5.41 Å². The molecule has 18 heavy (non-hydrogen) atoms. The maximum atomic E-state index is 12.9. The van der Waals surface area contributed by atoms with E-state index < -0.39 is 0 Å². The van der Waals surface area contributed by atoms with Crippen molar-refractivity contribution in [3.63, 3.8) is 0 Å². The molecule has 0 radical (unpaired) electrons.